The zero-order valence-electron chi connectivity index (χ0n) is 11.7. The summed E-state index contributed by atoms with van der Waals surface area (Å²) in [6.45, 7) is 2.04. The highest BCUT2D eigenvalue weighted by Gasteiger charge is 2.28. The summed E-state index contributed by atoms with van der Waals surface area (Å²) >= 11 is 0. The number of esters is 1. The van der Waals surface area contributed by atoms with Gasteiger partial charge in [0.15, 0.2) is 0 Å². The minimum atomic E-state index is -1.09. The molecule has 0 N–H and O–H groups in total. The molecule has 0 bridgehead atoms. The van der Waals surface area contributed by atoms with Crippen LogP contribution in [0.5, 0.6) is 11.5 Å². The van der Waals surface area contributed by atoms with Crippen molar-refractivity contribution in [3.63, 3.8) is 0 Å². The highest BCUT2D eigenvalue weighted by atomic mass is 16.7. The van der Waals surface area contributed by atoms with Crippen molar-refractivity contribution in [2.24, 2.45) is 0 Å². The van der Waals surface area contributed by atoms with Gasteiger partial charge < -0.3 is 14.2 Å². The van der Waals surface area contributed by atoms with Gasteiger partial charge in [-0.2, -0.15) is 0 Å². The van der Waals surface area contributed by atoms with Crippen LogP contribution in [0.25, 0.3) is 0 Å². The molecule has 0 aliphatic carbocycles. The van der Waals surface area contributed by atoms with Crippen LogP contribution in [0, 0.1) is 0 Å². The van der Waals surface area contributed by atoms with Crippen LogP contribution in [-0.4, -0.2) is 18.9 Å². The van der Waals surface area contributed by atoms with Gasteiger partial charge in [-0.05, 0) is 30.2 Å². The fourth-order valence-electron chi connectivity index (χ4n) is 2.30. The molecule has 4 nitrogen and oxygen atoms in total. The number of ether oxygens (including phenoxy) is 3. The first-order valence-corrected chi connectivity index (χ1v) is 6.93. The van der Waals surface area contributed by atoms with Crippen molar-refractivity contribution in [1.82, 2.24) is 0 Å². The van der Waals surface area contributed by atoms with Crippen molar-refractivity contribution in [3.05, 3.63) is 59.7 Å². The van der Waals surface area contributed by atoms with E-state index in [-0.39, 0.29) is 6.61 Å². The van der Waals surface area contributed by atoms with E-state index in [9.17, 15) is 4.79 Å². The van der Waals surface area contributed by atoms with Gasteiger partial charge >= 0.3 is 12.3 Å². The van der Waals surface area contributed by atoms with E-state index in [1.807, 2.05) is 48.5 Å². The van der Waals surface area contributed by atoms with Gasteiger partial charge in [-0.1, -0.05) is 36.4 Å². The lowest BCUT2D eigenvalue weighted by molar-refractivity contribution is -0.165. The molecule has 4 heteroatoms. The quantitative estimate of drug-likeness (QED) is 0.795. The molecule has 1 aliphatic heterocycles. The average molecular weight is 284 g/mol. The summed E-state index contributed by atoms with van der Waals surface area (Å²) in [6, 6.07) is 15.3. The second-order valence-corrected chi connectivity index (χ2v) is 4.71. The molecule has 0 amide bonds. The van der Waals surface area contributed by atoms with Crippen molar-refractivity contribution in [3.8, 4) is 11.5 Å². The predicted octanol–water partition coefficient (Wildman–Crippen LogP) is 2.94. The highest BCUT2D eigenvalue weighted by molar-refractivity contribution is 5.74. The molecule has 0 saturated heterocycles. The zero-order valence-corrected chi connectivity index (χ0v) is 11.7. The number of benzene rings is 2. The molecule has 21 heavy (non-hydrogen) atoms. The first kappa shape index (κ1) is 13.5. The molecule has 0 fully saturated rings. The summed E-state index contributed by atoms with van der Waals surface area (Å²) in [5, 5.41) is 0. The molecular weight excluding hydrogens is 268 g/mol. The number of fused-ring (bicyclic) bond motifs is 2. The van der Waals surface area contributed by atoms with E-state index in [1.165, 1.54) is 0 Å². The van der Waals surface area contributed by atoms with Gasteiger partial charge in [0.2, 0.25) is 0 Å². The molecule has 2 aromatic rings. The van der Waals surface area contributed by atoms with E-state index in [4.69, 9.17) is 14.2 Å². The molecule has 0 radical (unpaired) electrons. The van der Waals surface area contributed by atoms with E-state index in [1.54, 1.807) is 6.92 Å². The van der Waals surface area contributed by atoms with Crippen molar-refractivity contribution in [2.45, 2.75) is 19.6 Å². The second kappa shape index (κ2) is 5.87. The Kier molecular flexibility index (Phi) is 3.77. The smallest absolute Gasteiger partial charge is 0.389 e. The Morgan fingerprint density at radius 1 is 1.05 bits per heavy atom. The zero-order chi connectivity index (χ0) is 14.7. The first-order valence-electron chi connectivity index (χ1n) is 6.93. The van der Waals surface area contributed by atoms with Crippen LogP contribution >= 0.6 is 0 Å². The fourth-order valence-corrected chi connectivity index (χ4v) is 2.30. The van der Waals surface area contributed by atoms with Crippen molar-refractivity contribution >= 4 is 5.97 Å². The minimum absolute atomic E-state index is 0.283. The number of carbonyl (C=O) groups excluding carboxylic acids is 1. The third-order valence-electron chi connectivity index (χ3n) is 3.27. The Labute approximate surface area is 123 Å². The topological polar surface area (TPSA) is 44.8 Å². The summed E-state index contributed by atoms with van der Waals surface area (Å²) in [6.07, 6.45) is -0.394. The van der Waals surface area contributed by atoms with Gasteiger partial charge in [0.05, 0.1) is 6.61 Å². The molecule has 108 valence electrons. The highest BCUT2D eigenvalue weighted by Crippen LogP contribution is 2.30. The Morgan fingerprint density at radius 2 is 1.57 bits per heavy atom. The number of hydrogen-bond acceptors (Lipinski definition) is 4. The summed E-state index contributed by atoms with van der Waals surface area (Å²) < 4.78 is 16.4. The molecule has 3 rings (SSSR count). The lowest BCUT2D eigenvalue weighted by Gasteiger charge is -2.24. The summed E-state index contributed by atoms with van der Waals surface area (Å²) in [5.74, 6) is 0.763. The second-order valence-electron chi connectivity index (χ2n) is 4.71. The Morgan fingerprint density at radius 3 is 2.10 bits per heavy atom. The van der Waals surface area contributed by atoms with Crippen molar-refractivity contribution < 1.29 is 19.0 Å². The standard InChI is InChI=1S/C17H16O4/c1-2-19-16(18)17-20-14-9-5-3-7-12(14)11-13-8-4-6-10-15(13)21-17/h3-10,17H,2,11H2,1H3. The molecule has 0 unspecified atom stereocenters. The number of hydrogen-bond donors (Lipinski definition) is 0. The maximum Gasteiger partial charge on any atom is 0.389 e. The normalized spacial score (nSPS) is 13.8. The SMILES string of the molecule is CCOC(=O)C1Oc2ccccc2Cc2ccccc2O1. The largest absolute Gasteiger partial charge is 0.460 e. The van der Waals surface area contributed by atoms with E-state index in [0.717, 1.165) is 11.1 Å². The van der Waals surface area contributed by atoms with E-state index >= 15 is 0 Å². The van der Waals surface area contributed by atoms with Crippen LogP contribution in [-0.2, 0) is 16.0 Å². The fraction of sp³-hybridized carbons (Fsp3) is 0.235. The molecule has 0 atom stereocenters. The maximum absolute atomic E-state index is 12.0. The van der Waals surface area contributed by atoms with Gasteiger partial charge in [-0.15, -0.1) is 0 Å². The predicted molar refractivity (Wildman–Crippen MR) is 77.4 cm³/mol. The van der Waals surface area contributed by atoms with E-state index in [2.05, 4.69) is 0 Å². The van der Waals surface area contributed by atoms with Crippen molar-refractivity contribution in [2.75, 3.05) is 6.61 Å². The van der Waals surface area contributed by atoms with Crippen LogP contribution in [0.15, 0.2) is 48.5 Å². The molecule has 1 aliphatic rings. The summed E-state index contributed by atoms with van der Waals surface area (Å²) in [4.78, 5) is 12.0. The van der Waals surface area contributed by atoms with Crippen molar-refractivity contribution in [1.29, 1.82) is 0 Å². The van der Waals surface area contributed by atoms with E-state index in [0.29, 0.717) is 17.9 Å². The van der Waals surface area contributed by atoms with Gasteiger partial charge in [0.1, 0.15) is 11.5 Å². The lowest BCUT2D eigenvalue weighted by atomic mass is 10.0. The van der Waals surface area contributed by atoms with Gasteiger partial charge in [0.25, 0.3) is 0 Å². The van der Waals surface area contributed by atoms with Gasteiger partial charge in [0, 0.05) is 6.42 Å². The van der Waals surface area contributed by atoms with Gasteiger partial charge in [-0.3, -0.25) is 0 Å². The van der Waals surface area contributed by atoms with Crippen LogP contribution in [0.2, 0.25) is 0 Å². The summed E-state index contributed by atoms with van der Waals surface area (Å²) in [5.41, 5.74) is 2.03. The monoisotopic (exact) mass is 284 g/mol. The molecular formula is C17H16O4. The van der Waals surface area contributed by atoms with Gasteiger partial charge in [-0.25, -0.2) is 4.79 Å². The molecule has 0 saturated carbocycles. The lowest BCUT2D eigenvalue weighted by Crippen LogP contribution is -2.36. The third-order valence-corrected chi connectivity index (χ3v) is 3.27. The first-order chi connectivity index (χ1) is 10.3. The molecule has 0 spiro atoms. The van der Waals surface area contributed by atoms with Crippen LogP contribution < -0.4 is 9.47 Å². The van der Waals surface area contributed by atoms with E-state index < -0.39 is 12.3 Å². The van der Waals surface area contributed by atoms with Crippen LogP contribution in [0.3, 0.4) is 0 Å². The number of para-hydroxylation sites is 2. The Hall–Kier alpha value is -2.49. The Bertz CT molecular complexity index is 603. The third kappa shape index (κ3) is 2.84. The Balaban J connectivity index is 2.02. The number of carbonyl (C=O) groups is 1. The molecule has 2 aromatic carbocycles. The van der Waals surface area contributed by atoms with Crippen LogP contribution in [0.1, 0.15) is 18.1 Å². The molecule has 1 heterocycles. The molecule has 0 aromatic heterocycles. The summed E-state index contributed by atoms with van der Waals surface area (Å²) in [7, 11) is 0. The minimum Gasteiger partial charge on any atom is -0.460 e. The average Bonchev–Trinajstić information content (AvgIpc) is 2.47. The van der Waals surface area contributed by atoms with Crippen LogP contribution in [0.4, 0.5) is 0 Å². The maximum atomic E-state index is 12.0. The number of rotatable bonds is 2.